The highest BCUT2D eigenvalue weighted by Gasteiger charge is 2.07. The minimum absolute atomic E-state index is 0.128. The fourth-order valence-corrected chi connectivity index (χ4v) is 2.17. The van der Waals surface area contributed by atoms with Crippen LogP contribution in [0.15, 0.2) is 17.5 Å². The zero-order chi connectivity index (χ0) is 13.2. The molecule has 0 aliphatic heterocycles. The number of unbranched alkanes of at least 4 members (excludes halogenated alkanes) is 4. The fraction of sp³-hybridized carbons (Fsp3) is 0.538. The van der Waals surface area contributed by atoms with Gasteiger partial charge in [-0.1, -0.05) is 38.7 Å². The van der Waals surface area contributed by atoms with Gasteiger partial charge in [-0.05, 0) is 17.9 Å². The first kappa shape index (κ1) is 14.7. The molecular formula is C13H20N2O2S. The molecule has 18 heavy (non-hydrogen) atoms. The third-order valence-corrected chi connectivity index (χ3v) is 3.44. The summed E-state index contributed by atoms with van der Waals surface area (Å²) in [4.78, 5) is 23.5. The summed E-state index contributed by atoms with van der Waals surface area (Å²) in [5.74, 6) is -0.388. The molecule has 5 heteroatoms. The maximum Gasteiger partial charge on any atom is 0.279 e. The predicted octanol–water partition coefficient (Wildman–Crippen LogP) is 2.87. The number of hydrazine groups is 1. The lowest BCUT2D eigenvalue weighted by molar-refractivity contribution is -0.121. The molecule has 0 atom stereocenters. The molecule has 0 saturated carbocycles. The van der Waals surface area contributed by atoms with Gasteiger partial charge in [0.15, 0.2) is 0 Å². The van der Waals surface area contributed by atoms with E-state index in [1.165, 1.54) is 30.6 Å². The predicted molar refractivity (Wildman–Crippen MR) is 73.3 cm³/mol. The maximum absolute atomic E-state index is 11.5. The van der Waals surface area contributed by atoms with E-state index in [1.54, 1.807) is 12.1 Å². The Hall–Kier alpha value is -1.36. The molecule has 0 aliphatic rings. The summed E-state index contributed by atoms with van der Waals surface area (Å²) in [6.45, 7) is 2.16. The highest BCUT2D eigenvalue weighted by Crippen LogP contribution is 2.07. The summed E-state index contributed by atoms with van der Waals surface area (Å²) in [7, 11) is 0. The zero-order valence-electron chi connectivity index (χ0n) is 10.7. The van der Waals surface area contributed by atoms with Gasteiger partial charge in [-0.15, -0.1) is 11.3 Å². The largest absolute Gasteiger partial charge is 0.279 e. The first-order valence-electron chi connectivity index (χ1n) is 6.36. The molecule has 4 nitrogen and oxygen atoms in total. The van der Waals surface area contributed by atoms with E-state index in [2.05, 4.69) is 17.8 Å². The maximum atomic E-state index is 11.5. The highest BCUT2D eigenvalue weighted by molar-refractivity contribution is 7.12. The van der Waals surface area contributed by atoms with E-state index in [0.29, 0.717) is 11.3 Å². The lowest BCUT2D eigenvalue weighted by Gasteiger charge is -2.06. The molecule has 0 radical (unpaired) electrons. The van der Waals surface area contributed by atoms with Gasteiger partial charge in [0.25, 0.3) is 5.91 Å². The van der Waals surface area contributed by atoms with Gasteiger partial charge >= 0.3 is 0 Å². The van der Waals surface area contributed by atoms with E-state index in [0.717, 1.165) is 12.8 Å². The Morgan fingerprint density at radius 2 is 1.94 bits per heavy atom. The van der Waals surface area contributed by atoms with Crippen molar-refractivity contribution in [2.24, 2.45) is 0 Å². The molecule has 2 N–H and O–H groups in total. The monoisotopic (exact) mass is 268 g/mol. The van der Waals surface area contributed by atoms with Crippen LogP contribution in [0.4, 0.5) is 0 Å². The molecule has 0 aromatic carbocycles. The van der Waals surface area contributed by atoms with Gasteiger partial charge in [0.05, 0.1) is 4.88 Å². The molecule has 1 aromatic heterocycles. The average molecular weight is 268 g/mol. The highest BCUT2D eigenvalue weighted by atomic mass is 32.1. The summed E-state index contributed by atoms with van der Waals surface area (Å²) in [5.41, 5.74) is 4.84. The lowest BCUT2D eigenvalue weighted by atomic mass is 10.1. The van der Waals surface area contributed by atoms with Crippen LogP contribution in [0.3, 0.4) is 0 Å². The summed E-state index contributed by atoms with van der Waals surface area (Å²) in [6, 6.07) is 3.52. The Morgan fingerprint density at radius 1 is 1.17 bits per heavy atom. The molecule has 2 amide bonds. The van der Waals surface area contributed by atoms with Gasteiger partial charge in [0.1, 0.15) is 0 Å². The molecule has 0 aliphatic carbocycles. The molecule has 1 heterocycles. The molecular weight excluding hydrogens is 248 g/mol. The minimum atomic E-state index is -0.260. The molecule has 1 rings (SSSR count). The standard InChI is InChI=1S/C13H20N2O2S/c1-2-3-4-5-6-9-12(16)14-15-13(17)11-8-7-10-18-11/h7-8,10H,2-6,9H2,1H3,(H,14,16)(H,15,17). The van der Waals surface area contributed by atoms with Crippen LogP contribution in [0.25, 0.3) is 0 Å². The fourth-order valence-electron chi connectivity index (χ4n) is 1.55. The van der Waals surface area contributed by atoms with Crippen molar-refractivity contribution in [3.8, 4) is 0 Å². The van der Waals surface area contributed by atoms with Crippen LogP contribution in [-0.4, -0.2) is 11.8 Å². The third kappa shape index (κ3) is 5.82. The summed E-state index contributed by atoms with van der Waals surface area (Å²) < 4.78 is 0. The van der Waals surface area contributed by atoms with Crippen LogP contribution in [-0.2, 0) is 4.79 Å². The van der Waals surface area contributed by atoms with E-state index in [9.17, 15) is 9.59 Å². The van der Waals surface area contributed by atoms with Crippen LogP contribution in [0.1, 0.15) is 55.1 Å². The van der Waals surface area contributed by atoms with Crippen molar-refractivity contribution >= 4 is 23.2 Å². The van der Waals surface area contributed by atoms with Crippen molar-refractivity contribution < 1.29 is 9.59 Å². The Bertz CT molecular complexity index is 363. The van der Waals surface area contributed by atoms with Crippen LogP contribution < -0.4 is 10.9 Å². The second-order valence-electron chi connectivity index (χ2n) is 4.14. The Balaban J connectivity index is 2.08. The Morgan fingerprint density at radius 3 is 2.61 bits per heavy atom. The van der Waals surface area contributed by atoms with Gasteiger partial charge < -0.3 is 0 Å². The van der Waals surface area contributed by atoms with E-state index >= 15 is 0 Å². The van der Waals surface area contributed by atoms with Crippen molar-refractivity contribution in [2.75, 3.05) is 0 Å². The molecule has 100 valence electrons. The molecule has 0 unspecified atom stereocenters. The van der Waals surface area contributed by atoms with Crippen LogP contribution in [0, 0.1) is 0 Å². The number of hydrogen-bond acceptors (Lipinski definition) is 3. The van der Waals surface area contributed by atoms with Crippen molar-refractivity contribution in [3.63, 3.8) is 0 Å². The van der Waals surface area contributed by atoms with Crippen molar-refractivity contribution in [1.29, 1.82) is 0 Å². The van der Waals surface area contributed by atoms with Gasteiger partial charge in [-0.25, -0.2) is 0 Å². The Labute approximate surface area is 112 Å². The molecule has 1 aromatic rings. The average Bonchev–Trinajstić information content (AvgIpc) is 2.89. The molecule has 0 spiro atoms. The van der Waals surface area contributed by atoms with E-state index in [1.807, 2.05) is 5.38 Å². The van der Waals surface area contributed by atoms with Gasteiger partial charge in [0, 0.05) is 6.42 Å². The van der Waals surface area contributed by atoms with Crippen molar-refractivity contribution in [3.05, 3.63) is 22.4 Å². The first-order valence-corrected chi connectivity index (χ1v) is 7.24. The smallest absolute Gasteiger partial charge is 0.273 e. The normalized spacial score (nSPS) is 10.1. The van der Waals surface area contributed by atoms with Gasteiger partial charge in [-0.3, -0.25) is 20.4 Å². The lowest BCUT2D eigenvalue weighted by Crippen LogP contribution is -2.41. The number of nitrogens with one attached hydrogen (secondary N) is 2. The summed E-state index contributed by atoms with van der Waals surface area (Å²) >= 11 is 1.35. The second-order valence-corrected chi connectivity index (χ2v) is 5.09. The Kier molecular flexibility index (Phi) is 7.10. The number of hydrogen-bond donors (Lipinski definition) is 2. The minimum Gasteiger partial charge on any atom is -0.273 e. The van der Waals surface area contributed by atoms with Crippen LogP contribution >= 0.6 is 11.3 Å². The zero-order valence-corrected chi connectivity index (χ0v) is 11.5. The number of thiophene rings is 1. The van der Waals surface area contributed by atoms with Crippen molar-refractivity contribution in [2.45, 2.75) is 45.4 Å². The van der Waals surface area contributed by atoms with Gasteiger partial charge in [0.2, 0.25) is 5.91 Å². The van der Waals surface area contributed by atoms with Crippen LogP contribution in [0.2, 0.25) is 0 Å². The third-order valence-electron chi connectivity index (χ3n) is 2.57. The van der Waals surface area contributed by atoms with E-state index in [-0.39, 0.29) is 11.8 Å². The van der Waals surface area contributed by atoms with Crippen molar-refractivity contribution in [1.82, 2.24) is 10.9 Å². The summed E-state index contributed by atoms with van der Waals surface area (Å²) in [5, 5.41) is 1.82. The number of carbonyl (C=O) groups is 2. The van der Waals surface area contributed by atoms with E-state index < -0.39 is 0 Å². The quantitative estimate of drug-likeness (QED) is 0.590. The van der Waals surface area contributed by atoms with E-state index in [4.69, 9.17) is 0 Å². The SMILES string of the molecule is CCCCCCCC(=O)NNC(=O)c1cccs1. The van der Waals surface area contributed by atoms with Crippen LogP contribution in [0.5, 0.6) is 0 Å². The number of amides is 2. The number of carbonyl (C=O) groups excluding carboxylic acids is 2. The molecule has 0 bridgehead atoms. The summed E-state index contributed by atoms with van der Waals surface area (Å²) in [6.07, 6.45) is 6.00. The molecule has 0 fully saturated rings. The van der Waals surface area contributed by atoms with Gasteiger partial charge in [-0.2, -0.15) is 0 Å². The first-order chi connectivity index (χ1) is 8.74. The number of rotatable bonds is 7. The topological polar surface area (TPSA) is 58.2 Å². The molecule has 0 saturated heterocycles. The second kappa shape index (κ2) is 8.69.